The lowest BCUT2D eigenvalue weighted by molar-refractivity contribution is 0.101. The summed E-state index contributed by atoms with van der Waals surface area (Å²) in [6.07, 6.45) is 1.59. The van der Waals surface area contributed by atoms with Crippen molar-refractivity contribution in [3.05, 3.63) is 88.8 Å². The number of sulfonamides is 1. The molecule has 10 heteroatoms. The molecule has 0 saturated carbocycles. The number of nitrogens with one attached hydrogen (secondary N) is 1. The molecule has 1 amide bonds. The number of carbonyl (C=O) groups excluding carboxylic acids is 1. The molecule has 2 heterocycles. The monoisotopic (exact) mass is 511 g/mol. The van der Waals surface area contributed by atoms with Gasteiger partial charge in [-0.1, -0.05) is 30.3 Å². The summed E-state index contributed by atoms with van der Waals surface area (Å²) in [4.78, 5) is 17.1. The van der Waals surface area contributed by atoms with Crippen LogP contribution in [0.15, 0.2) is 82.3 Å². The van der Waals surface area contributed by atoms with Gasteiger partial charge in [0, 0.05) is 16.2 Å². The highest BCUT2D eigenvalue weighted by atomic mass is 79.9. The van der Waals surface area contributed by atoms with E-state index in [1.54, 1.807) is 73.8 Å². The number of aromatic nitrogens is 3. The van der Waals surface area contributed by atoms with Crippen LogP contribution in [0.25, 0.3) is 16.8 Å². The number of aryl methyl sites for hydroxylation is 1. The Morgan fingerprint density at radius 3 is 2.44 bits per heavy atom. The quantitative estimate of drug-likeness (QED) is 0.420. The normalized spacial score (nSPS) is 11.3. The number of hydrogen-bond acceptors (Lipinski definition) is 5. The standard InChI is InChI=1S/C22H18BrN5O3S/c1-14-12-19(22(29)26-21-11-8-16(23)13-25-21)28(27-14)17-9-6-15(7-10-17)18-4-2-3-5-20(18)32(24,30)31/h2-13H,1H3,(H2,24,30,31)(H,25,26,29). The first-order valence-corrected chi connectivity index (χ1v) is 11.8. The van der Waals surface area contributed by atoms with E-state index in [-0.39, 0.29) is 10.8 Å². The van der Waals surface area contributed by atoms with E-state index in [0.717, 1.165) is 4.47 Å². The van der Waals surface area contributed by atoms with Crippen LogP contribution in [0.1, 0.15) is 16.2 Å². The highest BCUT2D eigenvalue weighted by molar-refractivity contribution is 9.10. The first-order valence-electron chi connectivity index (χ1n) is 9.44. The maximum absolute atomic E-state index is 12.8. The Balaban J connectivity index is 1.66. The Morgan fingerprint density at radius 2 is 1.78 bits per heavy atom. The molecular formula is C22H18BrN5O3S. The molecule has 0 atom stereocenters. The van der Waals surface area contributed by atoms with Gasteiger partial charge in [0.2, 0.25) is 10.0 Å². The third-order valence-electron chi connectivity index (χ3n) is 4.65. The third kappa shape index (κ3) is 4.62. The molecule has 0 radical (unpaired) electrons. The Hall–Kier alpha value is -3.34. The molecule has 0 aliphatic heterocycles. The lowest BCUT2D eigenvalue weighted by Crippen LogP contribution is -2.17. The van der Waals surface area contributed by atoms with Gasteiger partial charge in [-0.15, -0.1) is 0 Å². The van der Waals surface area contributed by atoms with E-state index in [4.69, 9.17) is 5.14 Å². The molecule has 2 aromatic carbocycles. The number of hydrogen-bond donors (Lipinski definition) is 2. The first kappa shape index (κ1) is 21.9. The second-order valence-electron chi connectivity index (χ2n) is 6.99. The first-order chi connectivity index (χ1) is 15.2. The molecule has 32 heavy (non-hydrogen) atoms. The molecule has 0 unspecified atom stereocenters. The Bertz CT molecular complexity index is 1400. The number of carbonyl (C=O) groups is 1. The fourth-order valence-electron chi connectivity index (χ4n) is 3.22. The molecule has 4 rings (SSSR count). The molecule has 8 nitrogen and oxygen atoms in total. The molecular weight excluding hydrogens is 494 g/mol. The van der Waals surface area contributed by atoms with E-state index in [0.29, 0.717) is 34.0 Å². The summed E-state index contributed by atoms with van der Waals surface area (Å²) in [7, 11) is -3.87. The largest absolute Gasteiger partial charge is 0.305 e. The number of benzene rings is 2. The fraction of sp³-hybridized carbons (Fsp3) is 0.0455. The zero-order valence-electron chi connectivity index (χ0n) is 16.9. The van der Waals surface area contributed by atoms with Gasteiger partial charge in [-0.05, 0) is 64.8 Å². The smallest absolute Gasteiger partial charge is 0.275 e. The second-order valence-corrected chi connectivity index (χ2v) is 9.43. The Morgan fingerprint density at radius 1 is 1.06 bits per heavy atom. The van der Waals surface area contributed by atoms with Gasteiger partial charge in [0.15, 0.2) is 0 Å². The molecule has 0 aliphatic rings. The van der Waals surface area contributed by atoms with Crippen molar-refractivity contribution in [1.29, 1.82) is 0 Å². The van der Waals surface area contributed by atoms with Crippen molar-refractivity contribution in [3.8, 4) is 16.8 Å². The summed E-state index contributed by atoms with van der Waals surface area (Å²) in [5.41, 5.74) is 2.82. The van der Waals surface area contributed by atoms with Crippen LogP contribution in [0.4, 0.5) is 5.82 Å². The van der Waals surface area contributed by atoms with Crippen LogP contribution >= 0.6 is 15.9 Å². The lowest BCUT2D eigenvalue weighted by Gasteiger charge is -2.11. The SMILES string of the molecule is Cc1cc(C(=O)Nc2ccc(Br)cn2)n(-c2ccc(-c3ccccc3S(N)(=O)=O)cc2)n1. The van der Waals surface area contributed by atoms with Crippen molar-refractivity contribution in [3.63, 3.8) is 0 Å². The number of halogens is 1. The molecule has 2 aromatic heterocycles. The summed E-state index contributed by atoms with van der Waals surface area (Å²) in [5.74, 6) is 0.0580. The highest BCUT2D eigenvalue weighted by Crippen LogP contribution is 2.27. The number of amides is 1. The summed E-state index contributed by atoms with van der Waals surface area (Å²) in [6, 6.07) is 18.7. The molecule has 0 fully saturated rings. The molecule has 162 valence electrons. The van der Waals surface area contributed by atoms with E-state index in [2.05, 4.69) is 31.3 Å². The molecule has 3 N–H and O–H groups in total. The number of nitrogens with zero attached hydrogens (tertiary/aromatic N) is 3. The van der Waals surface area contributed by atoms with Crippen LogP contribution in [0.3, 0.4) is 0 Å². The molecule has 0 spiro atoms. The van der Waals surface area contributed by atoms with Gasteiger partial charge in [-0.3, -0.25) is 4.79 Å². The minimum absolute atomic E-state index is 0.0461. The van der Waals surface area contributed by atoms with Gasteiger partial charge < -0.3 is 5.32 Å². The van der Waals surface area contributed by atoms with E-state index in [1.807, 2.05) is 0 Å². The lowest BCUT2D eigenvalue weighted by atomic mass is 10.1. The van der Waals surface area contributed by atoms with Crippen LogP contribution in [0.5, 0.6) is 0 Å². The van der Waals surface area contributed by atoms with Crippen molar-refractivity contribution in [2.75, 3.05) is 5.32 Å². The Labute approximate surface area is 193 Å². The van der Waals surface area contributed by atoms with E-state index >= 15 is 0 Å². The summed E-state index contributed by atoms with van der Waals surface area (Å²) < 4.78 is 26.2. The number of anilines is 1. The minimum Gasteiger partial charge on any atom is -0.305 e. The van der Waals surface area contributed by atoms with Gasteiger partial charge in [-0.25, -0.2) is 23.2 Å². The van der Waals surface area contributed by atoms with Crippen molar-refractivity contribution in [2.24, 2.45) is 5.14 Å². The summed E-state index contributed by atoms with van der Waals surface area (Å²) in [6.45, 7) is 1.79. The van der Waals surface area contributed by atoms with E-state index < -0.39 is 10.0 Å². The van der Waals surface area contributed by atoms with Crippen molar-refractivity contribution < 1.29 is 13.2 Å². The van der Waals surface area contributed by atoms with Gasteiger partial charge >= 0.3 is 0 Å². The van der Waals surface area contributed by atoms with Crippen LogP contribution in [0, 0.1) is 6.92 Å². The zero-order chi connectivity index (χ0) is 22.9. The van der Waals surface area contributed by atoms with Crippen molar-refractivity contribution >= 4 is 37.7 Å². The fourth-order valence-corrected chi connectivity index (χ4v) is 4.22. The molecule has 0 saturated heterocycles. The average Bonchev–Trinajstić information content (AvgIpc) is 3.17. The van der Waals surface area contributed by atoms with Gasteiger partial charge in [-0.2, -0.15) is 5.10 Å². The zero-order valence-corrected chi connectivity index (χ0v) is 19.3. The van der Waals surface area contributed by atoms with E-state index in [1.165, 1.54) is 10.7 Å². The highest BCUT2D eigenvalue weighted by Gasteiger charge is 2.18. The average molecular weight is 512 g/mol. The Kier molecular flexibility index (Phi) is 5.92. The summed E-state index contributed by atoms with van der Waals surface area (Å²) >= 11 is 3.31. The molecule has 4 aromatic rings. The van der Waals surface area contributed by atoms with Gasteiger partial charge in [0.1, 0.15) is 11.5 Å². The number of pyridine rings is 1. The van der Waals surface area contributed by atoms with Crippen molar-refractivity contribution in [2.45, 2.75) is 11.8 Å². The molecule has 0 aliphatic carbocycles. The molecule has 0 bridgehead atoms. The number of rotatable bonds is 5. The topological polar surface area (TPSA) is 120 Å². The van der Waals surface area contributed by atoms with Crippen molar-refractivity contribution in [1.82, 2.24) is 14.8 Å². The van der Waals surface area contributed by atoms with Crippen LogP contribution in [-0.4, -0.2) is 29.1 Å². The minimum atomic E-state index is -3.87. The maximum Gasteiger partial charge on any atom is 0.275 e. The predicted molar refractivity (Wildman–Crippen MR) is 125 cm³/mol. The van der Waals surface area contributed by atoms with Gasteiger partial charge in [0.05, 0.1) is 16.3 Å². The van der Waals surface area contributed by atoms with Gasteiger partial charge in [0.25, 0.3) is 5.91 Å². The number of primary sulfonamides is 1. The second kappa shape index (κ2) is 8.65. The predicted octanol–water partition coefficient (Wildman–Crippen LogP) is 3.90. The van der Waals surface area contributed by atoms with E-state index in [9.17, 15) is 13.2 Å². The summed E-state index contributed by atoms with van der Waals surface area (Å²) in [5, 5.41) is 12.5. The number of nitrogens with two attached hydrogens (primary N) is 1. The maximum atomic E-state index is 12.8. The van der Waals surface area contributed by atoms with Crippen LogP contribution in [-0.2, 0) is 10.0 Å². The van der Waals surface area contributed by atoms with Crippen LogP contribution in [0.2, 0.25) is 0 Å². The third-order valence-corrected chi connectivity index (χ3v) is 6.09. The van der Waals surface area contributed by atoms with Crippen LogP contribution < -0.4 is 10.5 Å².